The number of likely N-dealkylation sites (N-methyl/N-ethyl adjacent to an activating group) is 1. The van der Waals surface area contributed by atoms with E-state index in [0.717, 1.165) is 12.1 Å². The fourth-order valence-corrected chi connectivity index (χ4v) is 10.6. The number of anilines is 1. The Hall–Kier alpha value is -3.27. The second-order valence-corrected chi connectivity index (χ2v) is 21.5. The Morgan fingerprint density at radius 1 is 1.11 bits per heavy atom. The molecule has 2 aromatic carbocycles. The van der Waals surface area contributed by atoms with Gasteiger partial charge in [0.15, 0.2) is 9.84 Å². The SMILES string of the molecule is COc1c(CN2O[C@@H](CO)[C@@H]([C@H](C)O)[C@H]2C(=O)N[C@H]2C[C@H]3C[C@@H]([C@@H]2C)C3(C)C)cccc1-c1cc(C(=O)N[C@@H](CN(C)C)CS(=O)(=O)C(C)(C)C)cc(N(C)C)c1. The van der Waals surface area contributed by atoms with Crippen LogP contribution in [0.1, 0.15) is 77.2 Å². The number of hydrogen-bond acceptors (Lipinski definition) is 11. The first-order valence-corrected chi connectivity index (χ1v) is 21.8. The topological polar surface area (TPSA) is 161 Å². The van der Waals surface area contributed by atoms with E-state index < -0.39 is 50.7 Å². The standard InChI is InChI=1S/C43H67N5O8S/c1-25-34-19-30(43(34,6)7)20-35(25)45-41(52)38-37(26(2)50)36(23-49)56-48(38)21-27-14-13-15-33(39(27)55-12)28-16-29(18-32(17-28)47(10)11)40(51)44-31(22-46(8)9)24-57(53,54)42(3,4)5/h13-18,25-26,30-31,34-38,49-50H,19-24H2,1-12H3,(H,44,51)(H,45,52)/t25-,26-,30+,31-,34-,35-,36-,37+,38-/m0/s1. The van der Waals surface area contributed by atoms with Gasteiger partial charge in [0.25, 0.3) is 5.91 Å². The van der Waals surface area contributed by atoms with Crippen LogP contribution in [-0.4, -0.2) is 130 Å². The van der Waals surface area contributed by atoms with Gasteiger partial charge in [0.1, 0.15) is 17.9 Å². The van der Waals surface area contributed by atoms with Crippen molar-refractivity contribution in [1.82, 2.24) is 20.6 Å². The van der Waals surface area contributed by atoms with Gasteiger partial charge in [0.2, 0.25) is 5.91 Å². The zero-order chi connectivity index (χ0) is 42.4. The number of sulfone groups is 1. The smallest absolute Gasteiger partial charge is 0.251 e. The molecule has 0 spiro atoms. The van der Waals surface area contributed by atoms with Gasteiger partial charge in [-0.15, -0.1) is 0 Å². The van der Waals surface area contributed by atoms with Gasteiger partial charge in [-0.2, -0.15) is 5.06 Å². The second-order valence-electron chi connectivity index (χ2n) is 18.7. The van der Waals surface area contributed by atoms with E-state index in [1.54, 1.807) is 52.0 Å². The molecule has 3 saturated carbocycles. The highest BCUT2D eigenvalue weighted by molar-refractivity contribution is 7.92. The predicted molar refractivity (Wildman–Crippen MR) is 224 cm³/mol. The Bertz CT molecular complexity index is 1880. The molecule has 13 nitrogen and oxygen atoms in total. The molecule has 1 saturated heterocycles. The van der Waals surface area contributed by atoms with Gasteiger partial charge in [-0.05, 0) is 102 Å². The van der Waals surface area contributed by atoms with Crippen LogP contribution in [0, 0.1) is 29.1 Å². The molecule has 2 bridgehead atoms. The minimum Gasteiger partial charge on any atom is -0.496 e. The molecule has 9 atom stereocenters. The maximum absolute atomic E-state index is 14.3. The number of hydroxylamine groups is 2. The molecule has 318 valence electrons. The molecule has 3 aliphatic carbocycles. The maximum Gasteiger partial charge on any atom is 0.251 e. The molecule has 4 fully saturated rings. The van der Waals surface area contributed by atoms with Crippen molar-refractivity contribution in [1.29, 1.82) is 0 Å². The van der Waals surface area contributed by atoms with Crippen LogP contribution in [0.5, 0.6) is 5.75 Å². The molecule has 4 N–H and O–H groups in total. The van der Waals surface area contributed by atoms with Crippen LogP contribution in [0.2, 0.25) is 0 Å². The van der Waals surface area contributed by atoms with Crippen molar-refractivity contribution in [2.24, 2.45) is 29.1 Å². The van der Waals surface area contributed by atoms with Gasteiger partial charge in [0.05, 0.1) is 42.9 Å². The van der Waals surface area contributed by atoms with E-state index in [1.165, 1.54) is 6.42 Å². The summed E-state index contributed by atoms with van der Waals surface area (Å²) < 4.78 is 31.5. The minimum absolute atomic E-state index is 0.00763. The summed E-state index contributed by atoms with van der Waals surface area (Å²) in [7, 11) is 5.46. The first-order valence-electron chi connectivity index (χ1n) is 20.2. The quantitative estimate of drug-likeness (QED) is 0.206. The number of amides is 2. The van der Waals surface area contributed by atoms with E-state index in [9.17, 15) is 28.2 Å². The van der Waals surface area contributed by atoms with Crippen molar-refractivity contribution in [3.8, 4) is 16.9 Å². The molecule has 1 heterocycles. The summed E-state index contributed by atoms with van der Waals surface area (Å²) in [5, 5.41) is 29.2. The van der Waals surface area contributed by atoms with E-state index in [4.69, 9.17) is 9.57 Å². The molecule has 2 amide bonds. The predicted octanol–water partition coefficient (Wildman–Crippen LogP) is 3.96. The number of nitrogens with zero attached hydrogens (tertiary/aromatic N) is 3. The Labute approximate surface area is 340 Å². The molecule has 6 rings (SSSR count). The number of aliphatic hydroxyl groups excluding tert-OH is 2. The summed E-state index contributed by atoms with van der Waals surface area (Å²) in [6.45, 7) is 13.5. The van der Waals surface area contributed by atoms with Gasteiger partial charge in [-0.1, -0.05) is 39.0 Å². The van der Waals surface area contributed by atoms with Crippen LogP contribution < -0.4 is 20.3 Å². The number of carbonyl (C=O) groups excluding carboxylic acids is 2. The number of rotatable bonds is 15. The fourth-order valence-electron chi connectivity index (χ4n) is 9.35. The Kier molecular flexibility index (Phi) is 13.5. The summed E-state index contributed by atoms with van der Waals surface area (Å²) in [4.78, 5) is 38.3. The van der Waals surface area contributed by atoms with Crippen LogP contribution in [0.3, 0.4) is 0 Å². The van der Waals surface area contributed by atoms with Crippen molar-refractivity contribution in [2.75, 3.05) is 59.1 Å². The molecule has 57 heavy (non-hydrogen) atoms. The fraction of sp³-hybridized carbons (Fsp3) is 0.674. The normalized spacial score (nSPS) is 27.0. The number of fused-ring (bicyclic) bond motifs is 2. The third-order valence-electron chi connectivity index (χ3n) is 13.0. The molecule has 0 radical (unpaired) electrons. The Morgan fingerprint density at radius 2 is 1.79 bits per heavy atom. The minimum atomic E-state index is -3.54. The summed E-state index contributed by atoms with van der Waals surface area (Å²) in [6.07, 6.45) is 0.358. The Balaban J connectivity index is 1.46. The van der Waals surface area contributed by atoms with E-state index in [1.807, 2.05) is 62.3 Å². The Morgan fingerprint density at radius 3 is 2.33 bits per heavy atom. The number of ether oxygens (including phenoxy) is 1. The molecule has 0 aromatic heterocycles. The maximum atomic E-state index is 14.3. The second kappa shape index (κ2) is 17.1. The first kappa shape index (κ1) is 44.8. The molecule has 0 unspecified atom stereocenters. The molecule has 1 aliphatic heterocycles. The van der Waals surface area contributed by atoms with Crippen molar-refractivity contribution >= 4 is 27.3 Å². The van der Waals surface area contributed by atoms with Gasteiger partial charge >= 0.3 is 0 Å². The third kappa shape index (κ3) is 9.31. The highest BCUT2D eigenvalue weighted by Gasteiger charge is 2.57. The monoisotopic (exact) mass is 813 g/mol. The van der Waals surface area contributed by atoms with Crippen molar-refractivity contribution in [3.63, 3.8) is 0 Å². The molecular weight excluding hydrogens is 747 g/mol. The zero-order valence-corrected chi connectivity index (χ0v) is 36.8. The van der Waals surface area contributed by atoms with Gasteiger partial charge in [0, 0.05) is 55.0 Å². The van der Waals surface area contributed by atoms with Crippen LogP contribution in [0.4, 0.5) is 5.69 Å². The highest BCUT2D eigenvalue weighted by Crippen LogP contribution is 2.61. The number of benzene rings is 2. The lowest BCUT2D eigenvalue weighted by molar-refractivity contribution is -0.183. The van der Waals surface area contributed by atoms with Crippen LogP contribution in [0.15, 0.2) is 36.4 Å². The number of carbonyl (C=O) groups is 2. The summed E-state index contributed by atoms with van der Waals surface area (Å²) in [6, 6.07) is 9.61. The van der Waals surface area contributed by atoms with E-state index >= 15 is 0 Å². The van der Waals surface area contributed by atoms with Crippen LogP contribution in [-0.2, 0) is 26.0 Å². The largest absolute Gasteiger partial charge is 0.496 e. The number of aliphatic hydroxyl groups is 2. The molecule has 4 aliphatic rings. The average molecular weight is 814 g/mol. The van der Waals surface area contributed by atoms with E-state index in [2.05, 4.69) is 31.4 Å². The number of para-hydroxylation sites is 1. The van der Waals surface area contributed by atoms with Crippen molar-refractivity contribution in [3.05, 3.63) is 47.5 Å². The lowest BCUT2D eigenvalue weighted by atomic mass is 9.45. The highest BCUT2D eigenvalue weighted by atomic mass is 32.2. The van der Waals surface area contributed by atoms with Gasteiger partial charge < -0.3 is 35.4 Å². The van der Waals surface area contributed by atoms with E-state index in [0.29, 0.717) is 52.3 Å². The summed E-state index contributed by atoms with van der Waals surface area (Å²) in [5.41, 5.74) is 3.44. The number of methoxy groups -OCH3 is 1. The molecular formula is C43H67N5O8S. The first-order chi connectivity index (χ1) is 26.5. The summed E-state index contributed by atoms with van der Waals surface area (Å²) >= 11 is 0. The molecule has 14 heteroatoms. The summed E-state index contributed by atoms with van der Waals surface area (Å²) in [5.74, 6) is 0.365. The number of nitrogens with one attached hydrogen (secondary N) is 2. The number of hydrogen-bond donors (Lipinski definition) is 4. The van der Waals surface area contributed by atoms with E-state index in [-0.39, 0.29) is 36.3 Å². The van der Waals surface area contributed by atoms with Crippen LogP contribution in [0.25, 0.3) is 11.1 Å². The average Bonchev–Trinajstić information content (AvgIpc) is 3.49. The van der Waals surface area contributed by atoms with Gasteiger partial charge in [-0.25, -0.2) is 8.42 Å². The zero-order valence-electron chi connectivity index (χ0n) is 36.0. The lowest BCUT2D eigenvalue weighted by Crippen LogP contribution is -2.62. The van der Waals surface area contributed by atoms with Crippen molar-refractivity contribution in [2.45, 2.75) is 103 Å². The lowest BCUT2D eigenvalue weighted by Gasteiger charge is -2.62. The van der Waals surface area contributed by atoms with Crippen LogP contribution >= 0.6 is 0 Å². The molecule has 2 aromatic rings. The third-order valence-corrected chi connectivity index (χ3v) is 15.7. The van der Waals surface area contributed by atoms with Gasteiger partial charge in [-0.3, -0.25) is 14.4 Å². The van der Waals surface area contributed by atoms with Crippen molar-refractivity contribution < 1.29 is 37.8 Å².